The zero-order valence-corrected chi connectivity index (χ0v) is 13.8. The summed E-state index contributed by atoms with van der Waals surface area (Å²) in [4.78, 5) is 18.5. The average Bonchev–Trinajstić information content (AvgIpc) is 3.01. The molecule has 1 aliphatic heterocycles. The molecule has 1 aromatic rings. The maximum absolute atomic E-state index is 11.6. The zero-order chi connectivity index (χ0) is 15.2. The average molecular weight is 308 g/mol. The molecule has 116 valence electrons. The monoisotopic (exact) mass is 308 g/mol. The number of nitrogens with zero attached hydrogens (tertiary/aromatic N) is 2. The summed E-state index contributed by atoms with van der Waals surface area (Å²) in [6.45, 7) is 8.09. The van der Waals surface area contributed by atoms with Gasteiger partial charge in [0, 0.05) is 23.9 Å². The van der Waals surface area contributed by atoms with Gasteiger partial charge in [0.05, 0.1) is 10.7 Å². The lowest BCUT2D eigenvalue weighted by molar-refractivity contribution is -0.143. The third-order valence-corrected chi connectivity index (χ3v) is 6.11. The molecule has 2 aliphatic rings. The number of carboxylic acids is 1. The second-order valence-corrected chi connectivity index (χ2v) is 8.32. The van der Waals surface area contributed by atoms with Crippen molar-refractivity contribution in [2.45, 2.75) is 58.0 Å². The second kappa shape index (κ2) is 5.36. The van der Waals surface area contributed by atoms with Crippen LogP contribution in [0.2, 0.25) is 0 Å². The fourth-order valence-electron chi connectivity index (χ4n) is 3.83. The van der Waals surface area contributed by atoms with E-state index in [2.05, 4.69) is 31.1 Å². The topological polar surface area (TPSA) is 53.4 Å². The molecule has 0 bridgehead atoms. The van der Waals surface area contributed by atoms with Crippen molar-refractivity contribution in [2.24, 2.45) is 11.8 Å². The van der Waals surface area contributed by atoms with E-state index in [1.807, 2.05) is 0 Å². The molecule has 4 nitrogen and oxygen atoms in total. The van der Waals surface area contributed by atoms with E-state index in [-0.39, 0.29) is 11.5 Å². The number of likely N-dealkylation sites (tertiary alicyclic amines) is 1. The molecule has 3 atom stereocenters. The lowest BCUT2D eigenvalue weighted by atomic mass is 9.94. The standard InChI is InChI=1S/C16H24N2O2S/c1-16(2,3)15-17-11(9-21-15)8-18-7-10-5-4-6-12(10)13(18)14(19)20/h9-10,12-13H,4-8H2,1-3H3,(H,19,20). The van der Waals surface area contributed by atoms with Crippen LogP contribution in [0.5, 0.6) is 0 Å². The normalized spacial score (nSPS) is 29.8. The molecule has 5 heteroatoms. The maximum Gasteiger partial charge on any atom is 0.321 e. The zero-order valence-electron chi connectivity index (χ0n) is 13.0. The number of hydrogen-bond donors (Lipinski definition) is 1. The molecule has 3 unspecified atom stereocenters. The predicted octanol–water partition coefficient (Wildman–Crippen LogP) is 3.13. The van der Waals surface area contributed by atoms with E-state index >= 15 is 0 Å². The summed E-state index contributed by atoms with van der Waals surface area (Å²) >= 11 is 1.69. The molecule has 1 N–H and O–H groups in total. The summed E-state index contributed by atoms with van der Waals surface area (Å²) in [5.74, 6) is 0.269. The smallest absolute Gasteiger partial charge is 0.321 e. The number of rotatable bonds is 3. The molecule has 0 amide bonds. The number of thiazole rings is 1. The van der Waals surface area contributed by atoms with Gasteiger partial charge in [-0.05, 0) is 24.7 Å². The quantitative estimate of drug-likeness (QED) is 0.932. The van der Waals surface area contributed by atoms with E-state index in [0.29, 0.717) is 18.4 Å². The van der Waals surface area contributed by atoms with Gasteiger partial charge in [-0.15, -0.1) is 11.3 Å². The van der Waals surface area contributed by atoms with Gasteiger partial charge in [0.2, 0.25) is 0 Å². The number of hydrogen-bond acceptors (Lipinski definition) is 4. The Morgan fingerprint density at radius 2 is 2.24 bits per heavy atom. The van der Waals surface area contributed by atoms with Gasteiger partial charge < -0.3 is 5.11 Å². The fraction of sp³-hybridized carbons (Fsp3) is 0.750. The van der Waals surface area contributed by atoms with Gasteiger partial charge >= 0.3 is 5.97 Å². The van der Waals surface area contributed by atoms with Crippen molar-refractivity contribution in [1.82, 2.24) is 9.88 Å². The Hall–Kier alpha value is -0.940. The van der Waals surface area contributed by atoms with E-state index in [1.54, 1.807) is 11.3 Å². The largest absolute Gasteiger partial charge is 0.480 e. The number of fused-ring (bicyclic) bond motifs is 1. The van der Waals surface area contributed by atoms with Crippen LogP contribution >= 0.6 is 11.3 Å². The van der Waals surface area contributed by atoms with E-state index in [0.717, 1.165) is 23.7 Å². The Bertz CT molecular complexity index is 535. The molecule has 3 rings (SSSR count). The molecule has 0 aromatic carbocycles. The Morgan fingerprint density at radius 1 is 1.48 bits per heavy atom. The van der Waals surface area contributed by atoms with Crippen molar-refractivity contribution >= 4 is 17.3 Å². The molecule has 0 spiro atoms. The molecule has 2 fully saturated rings. The van der Waals surface area contributed by atoms with Gasteiger partial charge in [-0.2, -0.15) is 0 Å². The summed E-state index contributed by atoms with van der Waals surface area (Å²) in [5, 5.41) is 12.8. The molecule has 1 aromatic heterocycles. The maximum atomic E-state index is 11.6. The van der Waals surface area contributed by atoms with E-state index in [4.69, 9.17) is 4.98 Å². The number of carbonyl (C=O) groups is 1. The highest BCUT2D eigenvalue weighted by Gasteiger charge is 2.47. The second-order valence-electron chi connectivity index (χ2n) is 7.46. The molecule has 1 saturated carbocycles. The van der Waals surface area contributed by atoms with E-state index in [1.165, 1.54) is 12.8 Å². The van der Waals surface area contributed by atoms with Crippen molar-refractivity contribution in [1.29, 1.82) is 0 Å². The molecular formula is C16H24N2O2S. The minimum absolute atomic E-state index is 0.0661. The number of carboxylic acid groups (broad SMARTS) is 1. The molecule has 0 radical (unpaired) electrons. The van der Waals surface area contributed by atoms with Crippen molar-refractivity contribution in [3.63, 3.8) is 0 Å². The summed E-state index contributed by atoms with van der Waals surface area (Å²) < 4.78 is 0. The SMILES string of the molecule is CC(C)(C)c1nc(CN2CC3CCCC3C2C(=O)O)cs1. The van der Waals surface area contributed by atoms with Gasteiger partial charge in [0.1, 0.15) is 6.04 Å². The van der Waals surface area contributed by atoms with Gasteiger partial charge in [-0.3, -0.25) is 9.69 Å². The fourth-order valence-corrected chi connectivity index (χ4v) is 4.73. The first kappa shape index (κ1) is 15.0. The van der Waals surface area contributed by atoms with Crippen LogP contribution < -0.4 is 0 Å². The highest BCUT2D eigenvalue weighted by Crippen LogP contribution is 2.42. The number of aliphatic carboxylic acids is 1. The molecular weight excluding hydrogens is 284 g/mol. The highest BCUT2D eigenvalue weighted by atomic mass is 32.1. The van der Waals surface area contributed by atoms with Crippen molar-refractivity contribution in [3.05, 3.63) is 16.1 Å². The van der Waals surface area contributed by atoms with Crippen LogP contribution in [0.3, 0.4) is 0 Å². The highest BCUT2D eigenvalue weighted by molar-refractivity contribution is 7.09. The van der Waals surface area contributed by atoms with Crippen molar-refractivity contribution in [2.75, 3.05) is 6.54 Å². The van der Waals surface area contributed by atoms with Crippen molar-refractivity contribution in [3.8, 4) is 0 Å². The first-order chi connectivity index (χ1) is 9.86. The third kappa shape index (κ3) is 2.86. The van der Waals surface area contributed by atoms with Crippen LogP contribution in [0, 0.1) is 11.8 Å². The summed E-state index contributed by atoms with van der Waals surface area (Å²) in [6.07, 6.45) is 3.45. The number of aromatic nitrogens is 1. The van der Waals surface area contributed by atoms with Crippen molar-refractivity contribution < 1.29 is 9.90 Å². The van der Waals surface area contributed by atoms with Crippen LogP contribution in [-0.4, -0.2) is 33.5 Å². The van der Waals surface area contributed by atoms with Crippen LogP contribution in [0.25, 0.3) is 0 Å². The predicted molar refractivity (Wildman–Crippen MR) is 83.5 cm³/mol. The molecule has 21 heavy (non-hydrogen) atoms. The first-order valence-corrected chi connectivity index (χ1v) is 8.66. The van der Waals surface area contributed by atoms with Crippen LogP contribution in [0.1, 0.15) is 50.7 Å². The van der Waals surface area contributed by atoms with Crippen LogP contribution in [-0.2, 0) is 16.8 Å². The Morgan fingerprint density at radius 3 is 2.86 bits per heavy atom. The van der Waals surface area contributed by atoms with Gasteiger partial charge in [0.15, 0.2) is 0 Å². The molecule has 1 aliphatic carbocycles. The third-order valence-electron chi connectivity index (χ3n) is 4.80. The summed E-state index contributed by atoms with van der Waals surface area (Å²) in [7, 11) is 0. The summed E-state index contributed by atoms with van der Waals surface area (Å²) in [5.41, 5.74) is 1.09. The van der Waals surface area contributed by atoms with E-state index < -0.39 is 5.97 Å². The minimum atomic E-state index is -0.657. The Kier molecular flexibility index (Phi) is 3.82. The van der Waals surface area contributed by atoms with Gasteiger partial charge in [-0.25, -0.2) is 4.98 Å². The van der Waals surface area contributed by atoms with Gasteiger partial charge in [0.25, 0.3) is 0 Å². The first-order valence-electron chi connectivity index (χ1n) is 7.78. The van der Waals surface area contributed by atoms with Crippen LogP contribution in [0.15, 0.2) is 5.38 Å². The Labute approximate surface area is 130 Å². The van der Waals surface area contributed by atoms with Gasteiger partial charge in [-0.1, -0.05) is 27.2 Å². The minimum Gasteiger partial charge on any atom is -0.480 e. The molecule has 1 saturated heterocycles. The molecule has 2 heterocycles. The lowest BCUT2D eigenvalue weighted by Crippen LogP contribution is -2.39. The van der Waals surface area contributed by atoms with E-state index in [9.17, 15) is 9.90 Å². The summed E-state index contributed by atoms with van der Waals surface area (Å²) in [6, 6.07) is -0.308. The van der Waals surface area contributed by atoms with Crippen LogP contribution in [0.4, 0.5) is 0 Å². The lowest BCUT2D eigenvalue weighted by Gasteiger charge is -2.23. The Balaban J connectivity index is 1.75.